The predicted molar refractivity (Wildman–Crippen MR) is 77.8 cm³/mol. The Morgan fingerprint density at radius 2 is 2.00 bits per heavy atom. The van der Waals surface area contributed by atoms with E-state index in [-0.39, 0.29) is 17.4 Å². The van der Waals surface area contributed by atoms with Crippen molar-refractivity contribution in [1.82, 2.24) is 4.90 Å². The van der Waals surface area contributed by atoms with Crippen molar-refractivity contribution in [2.45, 2.75) is 57.1 Å². The van der Waals surface area contributed by atoms with Gasteiger partial charge in [-0.1, -0.05) is 36.7 Å². The minimum Gasteiger partial charge on any atom is -0.465 e. The Kier molecular flexibility index (Phi) is 4.45. The Morgan fingerprint density at radius 1 is 1.37 bits per heavy atom. The maximum absolute atomic E-state index is 11.1. The zero-order chi connectivity index (χ0) is 14.2. The Balaban J connectivity index is 1.98. The van der Waals surface area contributed by atoms with Crippen LogP contribution in [0.2, 0.25) is 0 Å². The lowest BCUT2D eigenvalue weighted by Crippen LogP contribution is -2.52. The van der Waals surface area contributed by atoms with Gasteiger partial charge in [0.25, 0.3) is 0 Å². The van der Waals surface area contributed by atoms with E-state index in [1.807, 2.05) is 0 Å². The first-order valence-corrected chi connectivity index (χ1v) is 7.96. The van der Waals surface area contributed by atoms with Gasteiger partial charge >= 0.3 is 6.09 Å². The molecule has 1 saturated carbocycles. The molecule has 0 aromatic carbocycles. The van der Waals surface area contributed by atoms with Gasteiger partial charge in [-0.3, -0.25) is 0 Å². The van der Waals surface area contributed by atoms with Crippen LogP contribution in [0.4, 0.5) is 4.79 Å². The number of piperidine rings is 1. The largest absolute Gasteiger partial charge is 0.465 e. The Hall–Kier alpha value is -0.290. The lowest BCUT2D eigenvalue weighted by Gasteiger charge is -2.46. The predicted octanol–water partition coefficient (Wildman–Crippen LogP) is 3.34. The summed E-state index contributed by atoms with van der Waals surface area (Å²) in [7, 11) is 0. The number of likely N-dealkylation sites (tertiary alicyclic amines) is 1. The highest BCUT2D eigenvalue weighted by molar-refractivity contribution is 9.09. The molecular formula is C14H24BrNO3. The summed E-state index contributed by atoms with van der Waals surface area (Å²) < 4.78 is 6.22. The van der Waals surface area contributed by atoms with Gasteiger partial charge in [0.1, 0.15) is 0 Å². The number of ether oxygens (including phenoxy) is 1. The van der Waals surface area contributed by atoms with Gasteiger partial charge in [0, 0.05) is 23.8 Å². The first-order valence-electron chi connectivity index (χ1n) is 7.04. The maximum atomic E-state index is 11.1. The van der Waals surface area contributed by atoms with Crippen molar-refractivity contribution in [3.63, 3.8) is 0 Å². The molecule has 19 heavy (non-hydrogen) atoms. The molecule has 1 aliphatic heterocycles. The van der Waals surface area contributed by atoms with Crippen LogP contribution in [0.5, 0.6) is 0 Å². The summed E-state index contributed by atoms with van der Waals surface area (Å²) in [4.78, 5) is 13.3. The zero-order valence-electron chi connectivity index (χ0n) is 11.9. The van der Waals surface area contributed by atoms with E-state index in [1.165, 1.54) is 4.90 Å². The second-order valence-electron chi connectivity index (χ2n) is 6.86. The van der Waals surface area contributed by atoms with Crippen LogP contribution in [0, 0.1) is 11.3 Å². The van der Waals surface area contributed by atoms with Crippen LogP contribution >= 0.6 is 15.9 Å². The molecule has 2 atom stereocenters. The van der Waals surface area contributed by atoms with Crippen LogP contribution in [-0.2, 0) is 4.74 Å². The van der Waals surface area contributed by atoms with E-state index in [4.69, 9.17) is 9.84 Å². The second-order valence-corrected chi connectivity index (χ2v) is 8.15. The number of nitrogens with zero attached hydrogens (tertiary/aromatic N) is 1. The number of carboxylic acid groups (broad SMARTS) is 1. The maximum Gasteiger partial charge on any atom is 0.407 e. The Labute approximate surface area is 123 Å². The first kappa shape index (κ1) is 15.1. The van der Waals surface area contributed by atoms with Gasteiger partial charge in [-0.15, -0.1) is 0 Å². The lowest BCUT2D eigenvalue weighted by molar-refractivity contribution is -0.116. The summed E-state index contributed by atoms with van der Waals surface area (Å²) in [6.07, 6.45) is 2.72. The molecule has 1 heterocycles. The second kappa shape index (κ2) is 5.60. The molecule has 2 rings (SSSR count). The van der Waals surface area contributed by atoms with E-state index < -0.39 is 6.09 Å². The van der Waals surface area contributed by atoms with Crippen LogP contribution in [0.15, 0.2) is 0 Å². The molecule has 2 fully saturated rings. The Bertz CT molecular complexity index is 336. The van der Waals surface area contributed by atoms with Crippen molar-refractivity contribution in [2.24, 2.45) is 11.3 Å². The van der Waals surface area contributed by atoms with Gasteiger partial charge in [-0.05, 0) is 24.7 Å². The standard InChI is InChI=1S/C14H24BrNO3/c1-14(2,3)11-8-16(13(17)18)5-4-12(11)19-10-6-9(15)7-10/h9-12H,4-8H2,1-3H3,(H,17,18). The minimum atomic E-state index is -0.808. The van der Waals surface area contributed by atoms with E-state index >= 15 is 0 Å². The van der Waals surface area contributed by atoms with Crippen molar-refractivity contribution in [1.29, 1.82) is 0 Å². The number of alkyl halides is 1. The monoisotopic (exact) mass is 333 g/mol. The van der Waals surface area contributed by atoms with Gasteiger partial charge in [0.2, 0.25) is 0 Å². The SMILES string of the molecule is CC(C)(C)C1CN(C(=O)O)CCC1OC1CC(Br)C1. The van der Waals surface area contributed by atoms with E-state index in [0.29, 0.717) is 24.0 Å². The van der Waals surface area contributed by atoms with Crippen LogP contribution in [0.1, 0.15) is 40.0 Å². The topological polar surface area (TPSA) is 49.8 Å². The number of amides is 1. The van der Waals surface area contributed by atoms with Crippen LogP contribution in [0.3, 0.4) is 0 Å². The molecular weight excluding hydrogens is 310 g/mol. The number of hydrogen-bond acceptors (Lipinski definition) is 2. The molecule has 1 saturated heterocycles. The molecule has 0 aromatic heterocycles. The van der Waals surface area contributed by atoms with Gasteiger partial charge < -0.3 is 14.7 Å². The van der Waals surface area contributed by atoms with Crippen molar-refractivity contribution < 1.29 is 14.6 Å². The van der Waals surface area contributed by atoms with Crippen LogP contribution < -0.4 is 0 Å². The molecule has 1 N–H and O–H groups in total. The molecule has 5 heteroatoms. The van der Waals surface area contributed by atoms with E-state index in [0.717, 1.165) is 19.3 Å². The van der Waals surface area contributed by atoms with Crippen LogP contribution in [-0.4, -0.2) is 46.2 Å². The average Bonchev–Trinajstić information content (AvgIpc) is 2.25. The normalized spacial score (nSPS) is 35.9. The van der Waals surface area contributed by atoms with E-state index in [9.17, 15) is 4.79 Å². The fourth-order valence-electron chi connectivity index (χ4n) is 2.96. The summed E-state index contributed by atoms with van der Waals surface area (Å²) >= 11 is 3.58. The third-order valence-corrected chi connectivity index (χ3v) is 5.08. The summed E-state index contributed by atoms with van der Waals surface area (Å²) in [5, 5.41) is 9.16. The lowest BCUT2D eigenvalue weighted by atomic mass is 9.74. The quantitative estimate of drug-likeness (QED) is 0.788. The van der Waals surface area contributed by atoms with Crippen molar-refractivity contribution in [2.75, 3.05) is 13.1 Å². The summed E-state index contributed by atoms with van der Waals surface area (Å²) in [6, 6.07) is 0. The third-order valence-electron chi connectivity index (χ3n) is 4.34. The molecule has 0 bridgehead atoms. The minimum absolute atomic E-state index is 0.0658. The average molecular weight is 334 g/mol. The number of rotatable bonds is 2. The van der Waals surface area contributed by atoms with Gasteiger partial charge in [0.05, 0.1) is 12.2 Å². The molecule has 2 aliphatic rings. The van der Waals surface area contributed by atoms with Gasteiger partial charge in [0.15, 0.2) is 0 Å². The summed E-state index contributed by atoms with van der Waals surface area (Å²) in [6.45, 7) is 7.71. The summed E-state index contributed by atoms with van der Waals surface area (Å²) in [5.41, 5.74) is 0.0658. The van der Waals surface area contributed by atoms with E-state index in [1.54, 1.807) is 0 Å². The molecule has 1 amide bonds. The molecule has 1 aliphatic carbocycles. The summed E-state index contributed by atoms with van der Waals surface area (Å²) in [5.74, 6) is 0.270. The third kappa shape index (κ3) is 3.63. The highest BCUT2D eigenvalue weighted by Gasteiger charge is 2.41. The van der Waals surface area contributed by atoms with Crippen molar-refractivity contribution in [3.05, 3.63) is 0 Å². The molecule has 4 nitrogen and oxygen atoms in total. The van der Waals surface area contributed by atoms with Crippen molar-refractivity contribution in [3.8, 4) is 0 Å². The first-order chi connectivity index (χ1) is 8.77. The molecule has 0 spiro atoms. The van der Waals surface area contributed by atoms with Crippen molar-refractivity contribution >= 4 is 22.0 Å². The highest BCUT2D eigenvalue weighted by Crippen LogP contribution is 2.39. The molecule has 0 radical (unpaired) electrons. The number of hydrogen-bond donors (Lipinski definition) is 1. The molecule has 2 unspecified atom stereocenters. The van der Waals surface area contributed by atoms with Crippen LogP contribution in [0.25, 0.3) is 0 Å². The fourth-order valence-corrected chi connectivity index (χ4v) is 3.79. The number of carbonyl (C=O) groups is 1. The molecule has 110 valence electrons. The van der Waals surface area contributed by atoms with E-state index in [2.05, 4.69) is 36.7 Å². The van der Waals surface area contributed by atoms with Gasteiger partial charge in [-0.2, -0.15) is 0 Å². The Morgan fingerprint density at radius 3 is 2.47 bits per heavy atom. The zero-order valence-corrected chi connectivity index (χ0v) is 13.5. The fraction of sp³-hybridized carbons (Fsp3) is 0.929. The number of halogens is 1. The van der Waals surface area contributed by atoms with Gasteiger partial charge in [-0.25, -0.2) is 4.79 Å². The smallest absolute Gasteiger partial charge is 0.407 e. The molecule has 0 aromatic rings. The highest BCUT2D eigenvalue weighted by atomic mass is 79.9.